The molecule has 8 nitrogen and oxygen atoms in total. The van der Waals surface area contributed by atoms with Crippen LogP contribution in [0.15, 0.2) is 64.4 Å². The largest absolute Gasteiger partial charge is 0.497 e. The van der Waals surface area contributed by atoms with Crippen LogP contribution in [0.25, 0.3) is 0 Å². The standard InChI is InChI=1S/C23H22N4O4/c1-29-16-8-6-13(7-9-16)15-11-18-20(19(28)12-15)21(14-4-3-5-17(10-14)30-2)25-23-22(24-18)26-31-27-23/h3-10,15,21H,11-12H2,1-2H3,(H,24,26)(H,25,27). The summed E-state index contributed by atoms with van der Waals surface area (Å²) >= 11 is 0. The van der Waals surface area contributed by atoms with Gasteiger partial charge in [0.2, 0.25) is 11.6 Å². The van der Waals surface area contributed by atoms with E-state index in [0.717, 1.165) is 28.3 Å². The summed E-state index contributed by atoms with van der Waals surface area (Å²) in [7, 11) is 3.26. The molecule has 2 aliphatic rings. The number of Topliss-reactive ketones (excluding diaryl/α,β-unsaturated/α-hetero) is 1. The van der Waals surface area contributed by atoms with E-state index in [1.54, 1.807) is 14.2 Å². The van der Waals surface area contributed by atoms with Crippen LogP contribution in [-0.2, 0) is 4.79 Å². The van der Waals surface area contributed by atoms with Crippen LogP contribution in [0.1, 0.15) is 35.9 Å². The molecular weight excluding hydrogens is 396 g/mol. The fourth-order valence-corrected chi connectivity index (χ4v) is 4.28. The van der Waals surface area contributed by atoms with Crippen molar-refractivity contribution in [1.29, 1.82) is 0 Å². The monoisotopic (exact) mass is 418 g/mol. The van der Waals surface area contributed by atoms with Crippen LogP contribution in [0.5, 0.6) is 11.5 Å². The number of hydrogen-bond donors (Lipinski definition) is 2. The second-order valence-corrected chi connectivity index (χ2v) is 7.63. The number of ether oxygens (including phenoxy) is 2. The number of anilines is 2. The first kappa shape index (κ1) is 19.2. The van der Waals surface area contributed by atoms with Crippen LogP contribution < -0.4 is 20.1 Å². The fraction of sp³-hybridized carbons (Fsp3) is 0.261. The van der Waals surface area contributed by atoms with Gasteiger partial charge in [-0.3, -0.25) is 4.79 Å². The van der Waals surface area contributed by atoms with E-state index in [0.29, 0.717) is 30.1 Å². The number of aromatic nitrogens is 2. The predicted molar refractivity (Wildman–Crippen MR) is 114 cm³/mol. The van der Waals surface area contributed by atoms with Crippen LogP contribution in [0, 0.1) is 0 Å². The first-order valence-corrected chi connectivity index (χ1v) is 10.1. The van der Waals surface area contributed by atoms with E-state index in [2.05, 4.69) is 20.9 Å². The van der Waals surface area contributed by atoms with Crippen molar-refractivity contribution in [3.8, 4) is 11.5 Å². The number of hydrogen-bond acceptors (Lipinski definition) is 8. The van der Waals surface area contributed by atoms with Crippen molar-refractivity contribution >= 4 is 17.4 Å². The molecule has 5 rings (SSSR count). The van der Waals surface area contributed by atoms with Crippen LogP contribution in [0.4, 0.5) is 11.6 Å². The topological polar surface area (TPSA) is 98.5 Å². The van der Waals surface area contributed by atoms with E-state index >= 15 is 0 Å². The lowest BCUT2D eigenvalue weighted by molar-refractivity contribution is -0.116. The fourth-order valence-electron chi connectivity index (χ4n) is 4.28. The van der Waals surface area contributed by atoms with Gasteiger partial charge in [-0.1, -0.05) is 24.3 Å². The summed E-state index contributed by atoms with van der Waals surface area (Å²) < 4.78 is 15.6. The highest BCUT2D eigenvalue weighted by Gasteiger charge is 2.37. The Hall–Kier alpha value is -3.81. The van der Waals surface area contributed by atoms with Gasteiger partial charge in [0.1, 0.15) is 11.5 Å². The quantitative estimate of drug-likeness (QED) is 0.654. The molecular formula is C23H22N4O4. The summed E-state index contributed by atoms with van der Waals surface area (Å²) in [6, 6.07) is 15.1. The van der Waals surface area contributed by atoms with Gasteiger partial charge >= 0.3 is 0 Å². The molecule has 31 heavy (non-hydrogen) atoms. The molecule has 2 aromatic carbocycles. The van der Waals surface area contributed by atoms with Gasteiger partial charge in [-0.2, -0.15) is 0 Å². The molecule has 0 fully saturated rings. The Morgan fingerprint density at radius 3 is 2.48 bits per heavy atom. The molecule has 2 unspecified atom stereocenters. The zero-order valence-corrected chi connectivity index (χ0v) is 17.2. The maximum atomic E-state index is 13.4. The number of carbonyl (C=O) groups is 1. The summed E-state index contributed by atoms with van der Waals surface area (Å²) in [5.41, 5.74) is 3.52. The van der Waals surface area contributed by atoms with Gasteiger partial charge in [0.05, 0.1) is 20.3 Å². The molecule has 1 aromatic heterocycles. The number of ketones is 1. The maximum Gasteiger partial charge on any atom is 0.219 e. The summed E-state index contributed by atoms with van der Waals surface area (Å²) in [5.74, 6) is 2.58. The van der Waals surface area contributed by atoms with E-state index in [9.17, 15) is 4.79 Å². The molecule has 1 aliphatic heterocycles. The third-order valence-corrected chi connectivity index (χ3v) is 5.85. The number of nitrogens with zero attached hydrogens (tertiary/aromatic N) is 2. The maximum absolute atomic E-state index is 13.4. The number of fused-ring (bicyclic) bond motifs is 1. The molecule has 0 saturated heterocycles. The highest BCUT2D eigenvalue weighted by Crippen LogP contribution is 2.43. The lowest BCUT2D eigenvalue weighted by atomic mass is 9.78. The average molecular weight is 418 g/mol. The Balaban J connectivity index is 1.56. The predicted octanol–water partition coefficient (Wildman–Crippen LogP) is 4.07. The second kappa shape index (κ2) is 7.79. The van der Waals surface area contributed by atoms with E-state index < -0.39 is 6.04 Å². The SMILES string of the molecule is COc1ccc(C2CC(=O)C3=C(C2)Nc2nonc2NC3c2cccc(OC)c2)cc1. The summed E-state index contributed by atoms with van der Waals surface area (Å²) in [6.45, 7) is 0. The third kappa shape index (κ3) is 3.50. The van der Waals surface area contributed by atoms with Crippen LogP contribution in [0.3, 0.4) is 0 Å². The minimum Gasteiger partial charge on any atom is -0.497 e. The first-order chi connectivity index (χ1) is 15.2. The first-order valence-electron chi connectivity index (χ1n) is 10.1. The highest BCUT2D eigenvalue weighted by molar-refractivity contribution is 6.00. The van der Waals surface area contributed by atoms with E-state index in [1.807, 2.05) is 48.5 Å². The second-order valence-electron chi connectivity index (χ2n) is 7.63. The van der Waals surface area contributed by atoms with Gasteiger partial charge in [0.25, 0.3) is 0 Å². The highest BCUT2D eigenvalue weighted by atomic mass is 16.6. The molecule has 2 N–H and O–H groups in total. The molecule has 2 atom stereocenters. The van der Waals surface area contributed by atoms with Crippen molar-refractivity contribution in [2.24, 2.45) is 0 Å². The normalized spacial score (nSPS) is 20.1. The van der Waals surface area contributed by atoms with Gasteiger partial charge in [0.15, 0.2) is 5.78 Å². The van der Waals surface area contributed by atoms with Gasteiger partial charge in [-0.25, -0.2) is 4.63 Å². The Kier molecular flexibility index (Phi) is 4.82. The minimum absolute atomic E-state index is 0.0528. The van der Waals surface area contributed by atoms with Crippen molar-refractivity contribution in [2.75, 3.05) is 24.9 Å². The number of nitrogens with one attached hydrogen (secondary N) is 2. The smallest absolute Gasteiger partial charge is 0.219 e. The summed E-state index contributed by atoms with van der Waals surface area (Å²) in [4.78, 5) is 13.4. The number of benzene rings is 2. The lowest BCUT2D eigenvalue weighted by Gasteiger charge is -2.29. The molecule has 0 bridgehead atoms. The zero-order valence-electron chi connectivity index (χ0n) is 17.2. The molecule has 0 saturated carbocycles. The molecule has 0 radical (unpaired) electrons. The van der Waals surface area contributed by atoms with Crippen LogP contribution >= 0.6 is 0 Å². The number of methoxy groups -OCH3 is 2. The number of rotatable bonds is 4. The number of carbonyl (C=O) groups excluding carboxylic acids is 1. The molecule has 8 heteroatoms. The van der Waals surface area contributed by atoms with Crippen molar-refractivity contribution in [2.45, 2.75) is 24.8 Å². The van der Waals surface area contributed by atoms with Crippen molar-refractivity contribution < 1.29 is 18.9 Å². The third-order valence-electron chi connectivity index (χ3n) is 5.85. The van der Waals surface area contributed by atoms with Gasteiger partial charge in [0, 0.05) is 17.7 Å². The van der Waals surface area contributed by atoms with Crippen LogP contribution in [-0.4, -0.2) is 30.3 Å². The van der Waals surface area contributed by atoms with E-state index in [-0.39, 0.29) is 11.7 Å². The Morgan fingerprint density at radius 2 is 1.71 bits per heavy atom. The van der Waals surface area contributed by atoms with Crippen molar-refractivity contribution in [3.05, 3.63) is 70.9 Å². The molecule has 158 valence electrons. The Bertz CT molecular complexity index is 1150. The molecule has 2 heterocycles. The van der Waals surface area contributed by atoms with Gasteiger partial charge < -0.3 is 20.1 Å². The molecule has 0 amide bonds. The van der Waals surface area contributed by atoms with Gasteiger partial charge in [-0.15, -0.1) is 0 Å². The van der Waals surface area contributed by atoms with E-state index in [1.165, 1.54) is 0 Å². The number of allylic oxidation sites excluding steroid dienone is 1. The zero-order chi connectivity index (χ0) is 21.4. The average Bonchev–Trinajstić information content (AvgIpc) is 3.17. The Morgan fingerprint density at radius 1 is 0.935 bits per heavy atom. The minimum atomic E-state index is -0.393. The van der Waals surface area contributed by atoms with Crippen molar-refractivity contribution in [1.82, 2.24) is 10.3 Å². The van der Waals surface area contributed by atoms with Crippen LogP contribution in [0.2, 0.25) is 0 Å². The molecule has 0 spiro atoms. The van der Waals surface area contributed by atoms with E-state index in [4.69, 9.17) is 14.1 Å². The molecule has 3 aromatic rings. The summed E-state index contributed by atoms with van der Waals surface area (Å²) in [5, 5.41) is 14.6. The molecule has 1 aliphatic carbocycles. The van der Waals surface area contributed by atoms with Crippen molar-refractivity contribution in [3.63, 3.8) is 0 Å². The summed E-state index contributed by atoms with van der Waals surface area (Å²) in [6.07, 6.45) is 1.09. The van der Waals surface area contributed by atoms with Gasteiger partial charge in [-0.05, 0) is 58.0 Å². The lowest BCUT2D eigenvalue weighted by Crippen LogP contribution is -2.27. The Labute approximate surface area is 179 Å².